The summed E-state index contributed by atoms with van der Waals surface area (Å²) in [4.78, 5) is 25.7. The van der Waals surface area contributed by atoms with Gasteiger partial charge in [-0.25, -0.2) is 4.98 Å². The maximum Gasteiger partial charge on any atom is 0.254 e. The Balaban J connectivity index is 1.47. The van der Waals surface area contributed by atoms with Crippen LogP contribution >= 0.6 is 0 Å². The van der Waals surface area contributed by atoms with Gasteiger partial charge in [0.2, 0.25) is 0 Å². The number of nitrogens with zero attached hydrogens (tertiary/aromatic N) is 4. The summed E-state index contributed by atoms with van der Waals surface area (Å²) >= 11 is 0. The highest BCUT2D eigenvalue weighted by molar-refractivity contribution is 5.57. The van der Waals surface area contributed by atoms with Crippen molar-refractivity contribution in [1.82, 2.24) is 25.0 Å². The molecule has 1 N–H and O–H groups in total. The molecule has 3 aromatic heterocycles. The lowest BCUT2D eigenvalue weighted by Gasteiger charge is -2.17. The minimum absolute atomic E-state index is 0.0102. The summed E-state index contributed by atoms with van der Waals surface area (Å²) < 4.78 is 5.49. The fraction of sp³-hybridized carbons (Fsp3) is 0.333. The Labute approximate surface area is 144 Å². The Kier molecular flexibility index (Phi) is 4.15. The summed E-state index contributed by atoms with van der Waals surface area (Å²) in [5.74, 6) is 1.49. The number of aryl methyl sites for hydroxylation is 1. The highest BCUT2D eigenvalue weighted by atomic mass is 16.5. The summed E-state index contributed by atoms with van der Waals surface area (Å²) in [5.41, 5.74) is 3.51. The quantitative estimate of drug-likeness (QED) is 0.783. The first-order chi connectivity index (χ1) is 12.2. The molecule has 0 amide bonds. The van der Waals surface area contributed by atoms with Crippen LogP contribution in [0.3, 0.4) is 0 Å². The van der Waals surface area contributed by atoms with Crippen LogP contribution in [0.15, 0.2) is 39.9 Å². The number of fused-ring (bicyclic) bond motifs is 1. The van der Waals surface area contributed by atoms with Crippen molar-refractivity contribution in [2.45, 2.75) is 26.3 Å². The topological polar surface area (TPSA) is 87.9 Å². The van der Waals surface area contributed by atoms with Crippen molar-refractivity contribution in [2.75, 3.05) is 13.1 Å². The molecule has 0 bridgehead atoms. The number of pyridine rings is 1. The van der Waals surface area contributed by atoms with Gasteiger partial charge < -0.3 is 9.51 Å². The number of hydrogen-bond donors (Lipinski definition) is 1. The van der Waals surface area contributed by atoms with Gasteiger partial charge in [-0.2, -0.15) is 0 Å². The van der Waals surface area contributed by atoms with Gasteiger partial charge in [0, 0.05) is 49.1 Å². The Hall–Kier alpha value is -2.80. The van der Waals surface area contributed by atoms with Crippen LogP contribution in [-0.4, -0.2) is 38.1 Å². The normalized spacial score (nSPS) is 14.9. The summed E-state index contributed by atoms with van der Waals surface area (Å²) in [6.45, 7) is 4.13. The lowest BCUT2D eigenvalue weighted by molar-refractivity contribution is 0.240. The zero-order valence-corrected chi connectivity index (χ0v) is 14.0. The van der Waals surface area contributed by atoms with Crippen molar-refractivity contribution < 1.29 is 4.52 Å². The molecule has 4 heterocycles. The van der Waals surface area contributed by atoms with Crippen LogP contribution in [0.5, 0.6) is 0 Å². The summed E-state index contributed by atoms with van der Waals surface area (Å²) in [6, 6.07) is 5.78. The smallest absolute Gasteiger partial charge is 0.254 e. The molecule has 7 heteroatoms. The third-order valence-corrected chi connectivity index (χ3v) is 4.48. The maximum absolute atomic E-state index is 12.1. The van der Waals surface area contributed by atoms with Gasteiger partial charge in [-0.1, -0.05) is 5.16 Å². The first kappa shape index (κ1) is 15.7. The molecule has 0 radical (unpaired) electrons. The van der Waals surface area contributed by atoms with Gasteiger partial charge in [-0.05, 0) is 25.5 Å². The standard InChI is InChI=1S/C18H19N5O2/c1-12-20-16-5-9-23(8-4-15(16)18(24)21-12)11-14-10-17(22-25-14)13-2-6-19-7-3-13/h2-3,6-7,10H,4-5,8-9,11H2,1H3,(H,20,21,24). The lowest BCUT2D eigenvalue weighted by atomic mass is 10.1. The summed E-state index contributed by atoms with van der Waals surface area (Å²) in [7, 11) is 0. The van der Waals surface area contributed by atoms with Crippen LogP contribution in [0, 0.1) is 6.92 Å². The van der Waals surface area contributed by atoms with Gasteiger partial charge in [-0.15, -0.1) is 0 Å². The van der Waals surface area contributed by atoms with E-state index in [1.165, 1.54) is 0 Å². The average Bonchev–Trinajstić information content (AvgIpc) is 2.98. The molecular formula is C18H19N5O2. The fourth-order valence-electron chi connectivity index (χ4n) is 3.20. The van der Waals surface area contributed by atoms with Crippen molar-refractivity contribution in [3.05, 3.63) is 63.8 Å². The van der Waals surface area contributed by atoms with E-state index in [0.29, 0.717) is 18.8 Å². The molecule has 128 valence electrons. The van der Waals surface area contributed by atoms with Crippen LogP contribution in [0.1, 0.15) is 22.8 Å². The fourth-order valence-corrected chi connectivity index (χ4v) is 3.20. The minimum Gasteiger partial charge on any atom is -0.359 e. The van der Waals surface area contributed by atoms with Gasteiger partial charge in [0.1, 0.15) is 11.5 Å². The van der Waals surface area contributed by atoms with Gasteiger partial charge >= 0.3 is 0 Å². The summed E-state index contributed by atoms with van der Waals surface area (Å²) in [5, 5.41) is 4.14. The van der Waals surface area contributed by atoms with Crippen molar-refractivity contribution in [1.29, 1.82) is 0 Å². The van der Waals surface area contributed by atoms with E-state index >= 15 is 0 Å². The highest BCUT2D eigenvalue weighted by Gasteiger charge is 2.19. The van der Waals surface area contributed by atoms with Gasteiger partial charge in [0.15, 0.2) is 5.76 Å². The third-order valence-electron chi connectivity index (χ3n) is 4.48. The number of aromatic amines is 1. The van der Waals surface area contributed by atoms with Crippen molar-refractivity contribution >= 4 is 0 Å². The molecule has 1 aliphatic rings. The first-order valence-corrected chi connectivity index (χ1v) is 8.36. The van der Waals surface area contributed by atoms with Gasteiger partial charge in [0.25, 0.3) is 5.56 Å². The second-order valence-corrected chi connectivity index (χ2v) is 6.27. The molecule has 7 nitrogen and oxygen atoms in total. The largest absolute Gasteiger partial charge is 0.359 e. The van der Waals surface area contributed by atoms with Crippen LogP contribution in [0.25, 0.3) is 11.3 Å². The average molecular weight is 337 g/mol. The predicted molar refractivity (Wildman–Crippen MR) is 92.0 cm³/mol. The van der Waals surface area contributed by atoms with E-state index in [1.54, 1.807) is 12.4 Å². The van der Waals surface area contributed by atoms with Crippen molar-refractivity contribution in [2.24, 2.45) is 0 Å². The molecule has 1 aliphatic heterocycles. The molecule has 0 fully saturated rings. The monoisotopic (exact) mass is 337 g/mol. The molecule has 0 unspecified atom stereocenters. The molecule has 0 aromatic carbocycles. The van der Waals surface area contributed by atoms with E-state index in [-0.39, 0.29) is 5.56 Å². The molecule has 0 saturated carbocycles. The number of hydrogen-bond acceptors (Lipinski definition) is 6. The van der Waals surface area contributed by atoms with Gasteiger partial charge in [-0.3, -0.25) is 14.7 Å². The van der Waals surface area contributed by atoms with Crippen molar-refractivity contribution in [3.63, 3.8) is 0 Å². The molecule has 0 aliphatic carbocycles. The third kappa shape index (κ3) is 3.36. The lowest BCUT2D eigenvalue weighted by Crippen LogP contribution is -2.26. The van der Waals surface area contributed by atoms with E-state index < -0.39 is 0 Å². The number of rotatable bonds is 3. The highest BCUT2D eigenvalue weighted by Crippen LogP contribution is 2.20. The predicted octanol–water partition coefficient (Wildman–Crippen LogP) is 1.73. The zero-order chi connectivity index (χ0) is 17.2. The number of nitrogens with one attached hydrogen (secondary N) is 1. The minimum atomic E-state index is -0.0102. The van der Waals surface area contributed by atoms with Crippen LogP contribution < -0.4 is 5.56 Å². The number of H-pyrrole nitrogens is 1. The molecule has 0 saturated heterocycles. The SMILES string of the molecule is Cc1nc2c(c(=O)[nH]1)CCN(Cc1cc(-c3ccncc3)no1)CC2. The Morgan fingerprint density at radius 2 is 2.04 bits per heavy atom. The van der Waals surface area contributed by atoms with E-state index in [0.717, 1.165) is 47.8 Å². The van der Waals surface area contributed by atoms with Crippen LogP contribution in [0.2, 0.25) is 0 Å². The van der Waals surface area contributed by atoms with E-state index in [2.05, 4.69) is 25.0 Å². The molecule has 3 aromatic rings. The van der Waals surface area contributed by atoms with E-state index in [4.69, 9.17) is 4.52 Å². The second-order valence-electron chi connectivity index (χ2n) is 6.27. The molecular weight excluding hydrogens is 318 g/mol. The van der Waals surface area contributed by atoms with E-state index in [9.17, 15) is 4.79 Å². The molecule has 0 spiro atoms. The molecule has 0 atom stereocenters. The second kappa shape index (κ2) is 6.60. The molecule has 4 rings (SSSR count). The van der Waals surface area contributed by atoms with Gasteiger partial charge in [0.05, 0.1) is 12.2 Å². The number of aromatic nitrogens is 4. The maximum atomic E-state index is 12.1. The van der Waals surface area contributed by atoms with Crippen LogP contribution in [-0.2, 0) is 19.4 Å². The molecule has 25 heavy (non-hydrogen) atoms. The first-order valence-electron chi connectivity index (χ1n) is 8.36. The zero-order valence-electron chi connectivity index (χ0n) is 14.0. The van der Waals surface area contributed by atoms with Crippen molar-refractivity contribution in [3.8, 4) is 11.3 Å². The van der Waals surface area contributed by atoms with E-state index in [1.807, 2.05) is 25.1 Å². The Morgan fingerprint density at radius 3 is 2.88 bits per heavy atom. The summed E-state index contributed by atoms with van der Waals surface area (Å²) in [6.07, 6.45) is 4.94. The Morgan fingerprint density at radius 1 is 1.24 bits per heavy atom. The Bertz CT molecular complexity index is 932. The van der Waals surface area contributed by atoms with Crippen LogP contribution in [0.4, 0.5) is 0 Å².